The second kappa shape index (κ2) is 4.99. The fourth-order valence-corrected chi connectivity index (χ4v) is 1.51. The molecule has 1 unspecified atom stereocenters. The zero-order valence-electron chi connectivity index (χ0n) is 9.46. The van der Waals surface area contributed by atoms with Crippen LogP contribution in [0.2, 0.25) is 0 Å². The van der Waals surface area contributed by atoms with Crippen LogP contribution in [0.25, 0.3) is 0 Å². The lowest BCUT2D eigenvalue weighted by Gasteiger charge is -2.16. The molecule has 1 aromatic rings. The molecule has 0 radical (unpaired) electrons. The zero-order chi connectivity index (χ0) is 10.6. The van der Waals surface area contributed by atoms with Crippen LogP contribution >= 0.6 is 0 Å². The Kier molecular flexibility index (Phi) is 3.94. The van der Waals surface area contributed by atoms with Crippen molar-refractivity contribution in [3.8, 4) is 0 Å². The van der Waals surface area contributed by atoms with Crippen LogP contribution < -0.4 is 0 Å². The molecule has 1 aromatic carbocycles. The van der Waals surface area contributed by atoms with Crippen molar-refractivity contribution in [1.82, 2.24) is 0 Å². The largest absolute Gasteiger partial charge is 0.103 e. The maximum absolute atomic E-state index is 3.84. The van der Waals surface area contributed by atoms with Crippen molar-refractivity contribution in [1.29, 1.82) is 0 Å². The highest BCUT2D eigenvalue weighted by Gasteiger charge is 2.08. The standard InChI is InChI=1S/C14H20/c1-5-12(3)13(4)10-14-8-6-11(2)7-9-14/h5-9,12-13H,1,10H2,2-4H3/t12-,13?/m0/s1. The fraction of sp³-hybridized carbons (Fsp3) is 0.429. The van der Waals surface area contributed by atoms with Gasteiger partial charge in [-0.15, -0.1) is 6.58 Å². The first-order valence-corrected chi connectivity index (χ1v) is 5.31. The summed E-state index contributed by atoms with van der Waals surface area (Å²) in [6, 6.07) is 8.81. The van der Waals surface area contributed by atoms with Gasteiger partial charge in [0.05, 0.1) is 0 Å². The van der Waals surface area contributed by atoms with Crippen LogP contribution in [0, 0.1) is 18.8 Å². The molecule has 0 fully saturated rings. The zero-order valence-corrected chi connectivity index (χ0v) is 9.46. The summed E-state index contributed by atoms with van der Waals surface area (Å²) in [5.74, 6) is 1.27. The second-order valence-corrected chi connectivity index (χ2v) is 4.26. The summed E-state index contributed by atoms with van der Waals surface area (Å²) in [7, 11) is 0. The minimum absolute atomic E-state index is 0.594. The molecule has 0 aliphatic rings. The lowest BCUT2D eigenvalue weighted by Crippen LogP contribution is -2.08. The Labute approximate surface area is 87.7 Å². The highest BCUT2D eigenvalue weighted by atomic mass is 14.1. The van der Waals surface area contributed by atoms with Crippen molar-refractivity contribution in [2.24, 2.45) is 11.8 Å². The van der Waals surface area contributed by atoms with Crippen LogP contribution in [-0.2, 0) is 6.42 Å². The summed E-state index contributed by atoms with van der Waals surface area (Å²) in [6.45, 7) is 10.5. The molecule has 0 saturated carbocycles. The van der Waals surface area contributed by atoms with Gasteiger partial charge in [-0.05, 0) is 30.7 Å². The molecule has 0 saturated heterocycles. The van der Waals surface area contributed by atoms with E-state index < -0.39 is 0 Å². The third kappa shape index (κ3) is 3.02. The topological polar surface area (TPSA) is 0 Å². The van der Waals surface area contributed by atoms with E-state index >= 15 is 0 Å². The number of hydrogen-bond donors (Lipinski definition) is 0. The molecule has 0 N–H and O–H groups in total. The van der Waals surface area contributed by atoms with E-state index in [9.17, 15) is 0 Å². The maximum atomic E-state index is 3.84. The van der Waals surface area contributed by atoms with E-state index in [1.807, 2.05) is 6.08 Å². The SMILES string of the molecule is C=C[C@H](C)C(C)Cc1ccc(C)cc1. The summed E-state index contributed by atoms with van der Waals surface area (Å²) in [5.41, 5.74) is 2.76. The number of aryl methyl sites for hydroxylation is 1. The quantitative estimate of drug-likeness (QED) is 0.627. The van der Waals surface area contributed by atoms with Gasteiger partial charge in [0.2, 0.25) is 0 Å². The van der Waals surface area contributed by atoms with Gasteiger partial charge in [-0.2, -0.15) is 0 Å². The van der Waals surface area contributed by atoms with Crippen LogP contribution in [0.1, 0.15) is 25.0 Å². The average molecular weight is 188 g/mol. The monoisotopic (exact) mass is 188 g/mol. The molecule has 0 aliphatic heterocycles. The van der Waals surface area contributed by atoms with Crippen LogP contribution in [0.3, 0.4) is 0 Å². The molecule has 0 amide bonds. The van der Waals surface area contributed by atoms with E-state index in [1.54, 1.807) is 0 Å². The first-order chi connectivity index (χ1) is 6.63. The van der Waals surface area contributed by atoms with E-state index in [2.05, 4.69) is 51.6 Å². The Morgan fingerprint density at radius 2 is 1.79 bits per heavy atom. The molecule has 76 valence electrons. The predicted molar refractivity (Wildman–Crippen MR) is 63.4 cm³/mol. The van der Waals surface area contributed by atoms with E-state index in [-0.39, 0.29) is 0 Å². The van der Waals surface area contributed by atoms with E-state index in [0.717, 1.165) is 6.42 Å². The van der Waals surface area contributed by atoms with Crippen molar-refractivity contribution < 1.29 is 0 Å². The lowest BCUT2D eigenvalue weighted by molar-refractivity contribution is 0.458. The smallest absolute Gasteiger partial charge is 0.0236 e. The minimum Gasteiger partial charge on any atom is -0.103 e. The van der Waals surface area contributed by atoms with Crippen molar-refractivity contribution in [2.75, 3.05) is 0 Å². The van der Waals surface area contributed by atoms with Crippen molar-refractivity contribution >= 4 is 0 Å². The van der Waals surface area contributed by atoms with Gasteiger partial charge in [-0.3, -0.25) is 0 Å². The molecule has 0 aliphatic carbocycles. The number of hydrogen-bond acceptors (Lipinski definition) is 0. The normalized spacial score (nSPS) is 14.8. The minimum atomic E-state index is 0.594. The summed E-state index contributed by atoms with van der Waals surface area (Å²) in [4.78, 5) is 0. The van der Waals surface area contributed by atoms with Crippen molar-refractivity contribution in [3.05, 3.63) is 48.0 Å². The van der Waals surface area contributed by atoms with Gasteiger partial charge < -0.3 is 0 Å². The van der Waals surface area contributed by atoms with Crippen LogP contribution in [-0.4, -0.2) is 0 Å². The van der Waals surface area contributed by atoms with E-state index in [4.69, 9.17) is 0 Å². The van der Waals surface area contributed by atoms with Gasteiger partial charge in [-0.1, -0.05) is 49.8 Å². The Morgan fingerprint density at radius 3 is 2.29 bits per heavy atom. The molecular formula is C14H20. The van der Waals surface area contributed by atoms with Gasteiger partial charge >= 0.3 is 0 Å². The molecule has 0 nitrogen and oxygen atoms in total. The third-order valence-electron chi connectivity index (χ3n) is 2.95. The number of benzene rings is 1. The van der Waals surface area contributed by atoms with E-state index in [1.165, 1.54) is 11.1 Å². The molecule has 14 heavy (non-hydrogen) atoms. The molecule has 0 heteroatoms. The molecule has 0 heterocycles. The molecule has 0 spiro atoms. The molecule has 0 bridgehead atoms. The fourth-order valence-electron chi connectivity index (χ4n) is 1.51. The van der Waals surface area contributed by atoms with Crippen LogP contribution in [0.15, 0.2) is 36.9 Å². The molecular weight excluding hydrogens is 168 g/mol. The van der Waals surface area contributed by atoms with Crippen molar-refractivity contribution in [3.63, 3.8) is 0 Å². The molecule has 0 aromatic heterocycles. The van der Waals surface area contributed by atoms with Crippen LogP contribution in [0.5, 0.6) is 0 Å². The second-order valence-electron chi connectivity index (χ2n) is 4.26. The van der Waals surface area contributed by atoms with Gasteiger partial charge in [0.1, 0.15) is 0 Å². The van der Waals surface area contributed by atoms with Gasteiger partial charge in [-0.25, -0.2) is 0 Å². The maximum Gasteiger partial charge on any atom is -0.0236 e. The Balaban J connectivity index is 2.60. The Morgan fingerprint density at radius 1 is 1.21 bits per heavy atom. The van der Waals surface area contributed by atoms with Crippen molar-refractivity contribution in [2.45, 2.75) is 27.2 Å². The summed E-state index contributed by atoms with van der Waals surface area (Å²) in [6.07, 6.45) is 3.19. The first-order valence-electron chi connectivity index (χ1n) is 5.31. The summed E-state index contributed by atoms with van der Waals surface area (Å²) >= 11 is 0. The van der Waals surface area contributed by atoms with Gasteiger partial charge in [0, 0.05) is 0 Å². The Bertz CT molecular complexity index is 281. The number of rotatable bonds is 4. The van der Waals surface area contributed by atoms with Gasteiger partial charge in [0.15, 0.2) is 0 Å². The summed E-state index contributed by atoms with van der Waals surface area (Å²) < 4.78 is 0. The van der Waals surface area contributed by atoms with E-state index in [0.29, 0.717) is 11.8 Å². The van der Waals surface area contributed by atoms with Gasteiger partial charge in [0.25, 0.3) is 0 Å². The Hall–Kier alpha value is -1.04. The molecule has 2 atom stereocenters. The average Bonchev–Trinajstić information content (AvgIpc) is 2.20. The predicted octanol–water partition coefficient (Wildman–Crippen LogP) is 4.00. The summed E-state index contributed by atoms with van der Waals surface area (Å²) in [5, 5.41) is 0. The first kappa shape index (κ1) is 11.0. The number of allylic oxidation sites excluding steroid dienone is 1. The van der Waals surface area contributed by atoms with Crippen LogP contribution in [0.4, 0.5) is 0 Å². The third-order valence-corrected chi connectivity index (χ3v) is 2.95. The lowest BCUT2D eigenvalue weighted by atomic mass is 9.90. The molecule has 1 rings (SSSR count). The highest BCUT2D eigenvalue weighted by Crippen LogP contribution is 2.17. The highest BCUT2D eigenvalue weighted by molar-refractivity contribution is 5.21.